The molecule has 1 unspecified atom stereocenters. The molecule has 0 bridgehead atoms. The first-order valence-corrected chi connectivity index (χ1v) is 19.7. The number of unbranched alkanes of at least 4 members (excludes halogenated alkanes) is 7. The van der Waals surface area contributed by atoms with Gasteiger partial charge in [0.25, 0.3) is 23.6 Å². The Kier molecular flexibility index (Phi) is 13.9. The van der Waals surface area contributed by atoms with Crippen LogP contribution in [0.1, 0.15) is 95.3 Å². The van der Waals surface area contributed by atoms with Gasteiger partial charge in [-0.1, -0.05) is 62.8 Å². The van der Waals surface area contributed by atoms with Crippen molar-refractivity contribution in [1.82, 2.24) is 25.8 Å². The van der Waals surface area contributed by atoms with E-state index in [4.69, 9.17) is 9.47 Å². The van der Waals surface area contributed by atoms with Crippen LogP contribution in [0.15, 0.2) is 66.9 Å². The predicted octanol–water partition coefficient (Wildman–Crippen LogP) is 5.48. The molecule has 0 saturated carbocycles. The summed E-state index contributed by atoms with van der Waals surface area (Å²) in [6, 6.07) is 17.0. The van der Waals surface area contributed by atoms with E-state index >= 15 is 0 Å². The van der Waals surface area contributed by atoms with Crippen molar-refractivity contribution in [3.05, 3.63) is 83.6 Å². The van der Waals surface area contributed by atoms with Gasteiger partial charge in [-0.2, -0.15) is 0 Å². The molecule has 2 aliphatic heterocycles. The van der Waals surface area contributed by atoms with E-state index in [9.17, 15) is 28.8 Å². The van der Waals surface area contributed by atoms with E-state index in [1.807, 2.05) is 42.5 Å². The smallest absolute Gasteiger partial charge is 0.266 e. The number of pyridine rings is 1. The van der Waals surface area contributed by atoms with Crippen LogP contribution in [0.2, 0.25) is 0 Å². The molecule has 0 radical (unpaired) electrons. The Bertz CT molecular complexity index is 2180. The molecule has 3 heterocycles. The first-order valence-electron chi connectivity index (χ1n) is 19.7. The van der Waals surface area contributed by atoms with Gasteiger partial charge in [-0.05, 0) is 49.6 Å². The van der Waals surface area contributed by atoms with Crippen molar-refractivity contribution in [2.24, 2.45) is 0 Å². The number of imide groups is 2. The minimum Gasteiger partial charge on any atom is -0.495 e. The molecule has 5 N–H and O–H groups in total. The third kappa shape index (κ3) is 9.71. The molecular weight excluding hydrogens is 743 g/mol. The van der Waals surface area contributed by atoms with Crippen LogP contribution in [-0.2, 0) is 14.4 Å². The number of piperidine rings is 1. The summed E-state index contributed by atoms with van der Waals surface area (Å²) in [5.74, 6) is -2.28. The summed E-state index contributed by atoms with van der Waals surface area (Å²) in [5, 5.41) is 15.5. The molecule has 6 amide bonds. The minimum atomic E-state index is -1.08. The summed E-state index contributed by atoms with van der Waals surface area (Å²) >= 11 is 0. The molecule has 2 aliphatic rings. The second kappa shape index (κ2) is 19.6. The number of hydrogen-bond acceptors (Lipinski definition) is 11. The molecule has 304 valence electrons. The lowest BCUT2D eigenvalue weighted by Crippen LogP contribution is -2.54. The Morgan fingerprint density at radius 3 is 2.29 bits per heavy atom. The lowest BCUT2D eigenvalue weighted by atomic mass is 10.0. The van der Waals surface area contributed by atoms with Crippen LogP contribution in [0, 0.1) is 0 Å². The number of ether oxygens (including phenoxy) is 2. The van der Waals surface area contributed by atoms with Gasteiger partial charge in [-0.15, -0.1) is 0 Å². The number of fused-ring (bicyclic) bond motifs is 2. The first kappa shape index (κ1) is 41.1. The Morgan fingerprint density at radius 2 is 1.59 bits per heavy atom. The average molecular weight is 792 g/mol. The number of amides is 6. The van der Waals surface area contributed by atoms with Gasteiger partial charge in [-0.3, -0.25) is 44.0 Å². The molecule has 1 atom stereocenters. The number of rotatable bonds is 20. The highest BCUT2D eigenvalue weighted by atomic mass is 16.5. The van der Waals surface area contributed by atoms with Crippen LogP contribution >= 0.6 is 0 Å². The third-order valence-corrected chi connectivity index (χ3v) is 10.2. The van der Waals surface area contributed by atoms with Gasteiger partial charge in [0.15, 0.2) is 6.61 Å². The lowest BCUT2D eigenvalue weighted by molar-refractivity contribution is -0.136. The number of benzene rings is 3. The van der Waals surface area contributed by atoms with E-state index in [0.29, 0.717) is 29.1 Å². The number of nitrogens with zero attached hydrogens (tertiary/aromatic N) is 2. The SMILES string of the molecule is CNC(=O)c1cnc2cc(OC)c(NCCCCCCCCCCNC(=O)COc3cccc4c3C(=O)N(C3CCC(=O)NC3=O)C4=O)cc2c1Nc1ccccc1. The summed E-state index contributed by atoms with van der Waals surface area (Å²) in [7, 11) is 3.23. The van der Waals surface area contributed by atoms with Gasteiger partial charge < -0.3 is 30.7 Å². The molecule has 1 saturated heterocycles. The van der Waals surface area contributed by atoms with E-state index in [1.165, 1.54) is 12.1 Å². The lowest BCUT2D eigenvalue weighted by Gasteiger charge is -2.27. The van der Waals surface area contributed by atoms with Crippen molar-refractivity contribution < 1.29 is 38.2 Å². The quantitative estimate of drug-likeness (QED) is 0.0562. The largest absolute Gasteiger partial charge is 0.495 e. The maximum absolute atomic E-state index is 13.2. The van der Waals surface area contributed by atoms with E-state index in [2.05, 4.69) is 31.6 Å². The summed E-state index contributed by atoms with van der Waals surface area (Å²) in [6.07, 6.45) is 9.88. The number of carbonyl (C=O) groups excluding carboxylic acids is 6. The van der Waals surface area contributed by atoms with Gasteiger partial charge in [0.05, 0.1) is 40.7 Å². The number of hydrogen-bond donors (Lipinski definition) is 5. The standard InChI is InChI=1S/C43H49N7O8/c1-44-40(53)30-25-47-31-24-35(57-2)32(23-29(31)39(30)48-27-15-10-9-11-16-27)45-21-12-7-5-3-4-6-8-13-22-46-37(52)26-58-34-18-14-17-28-38(34)43(56)50(42(28)55)33-19-20-36(51)49-41(33)54/h9-11,14-18,23-25,33,45H,3-8,12-13,19-22,26H2,1-2H3,(H,44,53)(H,46,52)(H,47,48)(H,49,51,54). The van der Waals surface area contributed by atoms with Gasteiger partial charge >= 0.3 is 0 Å². The second-order valence-electron chi connectivity index (χ2n) is 14.2. The highest BCUT2D eigenvalue weighted by molar-refractivity contribution is 6.24. The van der Waals surface area contributed by atoms with Gasteiger partial charge in [0, 0.05) is 49.9 Å². The Hall–Kier alpha value is -6.51. The summed E-state index contributed by atoms with van der Waals surface area (Å²) in [6.45, 7) is 0.922. The molecule has 0 spiro atoms. The number of methoxy groups -OCH3 is 1. The zero-order valence-corrected chi connectivity index (χ0v) is 32.8. The fourth-order valence-electron chi connectivity index (χ4n) is 7.19. The summed E-state index contributed by atoms with van der Waals surface area (Å²) in [5.41, 5.74) is 3.61. The molecule has 0 aliphatic carbocycles. The highest BCUT2D eigenvalue weighted by Gasteiger charge is 2.46. The molecule has 4 aromatic rings. The molecule has 15 heteroatoms. The van der Waals surface area contributed by atoms with Crippen molar-refractivity contribution in [1.29, 1.82) is 0 Å². The second-order valence-corrected chi connectivity index (χ2v) is 14.2. The molecule has 3 aromatic carbocycles. The van der Waals surface area contributed by atoms with E-state index < -0.39 is 29.7 Å². The maximum atomic E-state index is 13.2. The zero-order chi connectivity index (χ0) is 41.0. The highest BCUT2D eigenvalue weighted by Crippen LogP contribution is 2.37. The van der Waals surface area contributed by atoms with E-state index in [0.717, 1.165) is 79.6 Å². The Morgan fingerprint density at radius 1 is 0.862 bits per heavy atom. The van der Waals surface area contributed by atoms with Crippen LogP contribution in [0.3, 0.4) is 0 Å². The van der Waals surface area contributed by atoms with Gasteiger partial charge in [0.2, 0.25) is 11.8 Å². The normalized spacial score (nSPS) is 14.9. The van der Waals surface area contributed by atoms with Gasteiger partial charge in [-0.25, -0.2) is 0 Å². The monoisotopic (exact) mass is 791 g/mol. The van der Waals surface area contributed by atoms with Crippen LogP contribution in [-0.4, -0.2) is 85.2 Å². The maximum Gasteiger partial charge on any atom is 0.266 e. The third-order valence-electron chi connectivity index (χ3n) is 10.2. The molecular formula is C43H49N7O8. The summed E-state index contributed by atoms with van der Waals surface area (Å²) in [4.78, 5) is 80.8. The predicted molar refractivity (Wildman–Crippen MR) is 218 cm³/mol. The molecule has 1 fully saturated rings. The number of nitrogens with one attached hydrogen (secondary N) is 5. The topological polar surface area (TPSA) is 197 Å². The number of aromatic nitrogens is 1. The van der Waals surface area contributed by atoms with E-state index in [1.54, 1.807) is 26.4 Å². The van der Waals surface area contributed by atoms with Crippen LogP contribution in [0.4, 0.5) is 17.1 Å². The Labute approximate surface area is 336 Å². The number of para-hydroxylation sites is 1. The molecule has 1 aromatic heterocycles. The fraction of sp³-hybridized carbons (Fsp3) is 0.372. The van der Waals surface area contributed by atoms with Crippen molar-refractivity contribution in [2.45, 2.75) is 70.3 Å². The fourth-order valence-corrected chi connectivity index (χ4v) is 7.19. The number of anilines is 3. The Balaban J connectivity index is 0.870. The van der Waals surface area contributed by atoms with Crippen LogP contribution < -0.4 is 36.1 Å². The average Bonchev–Trinajstić information content (AvgIpc) is 3.49. The van der Waals surface area contributed by atoms with Crippen molar-refractivity contribution in [3.63, 3.8) is 0 Å². The first-order chi connectivity index (χ1) is 28.2. The molecule has 15 nitrogen and oxygen atoms in total. The van der Waals surface area contributed by atoms with Gasteiger partial charge in [0.1, 0.15) is 17.5 Å². The summed E-state index contributed by atoms with van der Waals surface area (Å²) < 4.78 is 11.3. The van der Waals surface area contributed by atoms with Crippen molar-refractivity contribution in [3.8, 4) is 11.5 Å². The van der Waals surface area contributed by atoms with Crippen molar-refractivity contribution >= 4 is 63.4 Å². The van der Waals surface area contributed by atoms with Crippen molar-refractivity contribution in [2.75, 3.05) is 44.5 Å². The van der Waals surface area contributed by atoms with E-state index in [-0.39, 0.29) is 48.1 Å². The number of carbonyl (C=O) groups is 6. The zero-order valence-electron chi connectivity index (χ0n) is 32.8. The molecule has 58 heavy (non-hydrogen) atoms. The van der Waals surface area contributed by atoms with Crippen LogP contribution in [0.5, 0.6) is 11.5 Å². The minimum absolute atomic E-state index is 0.00816. The molecule has 6 rings (SSSR count). The van der Waals surface area contributed by atoms with Crippen LogP contribution in [0.25, 0.3) is 10.9 Å².